The summed E-state index contributed by atoms with van der Waals surface area (Å²) in [5, 5.41) is 13.0. The minimum atomic E-state index is -0.647. The molecule has 0 radical (unpaired) electrons. The van der Waals surface area contributed by atoms with Crippen molar-refractivity contribution in [1.29, 1.82) is 5.26 Å². The first-order chi connectivity index (χ1) is 7.69. The molecular formula is C13H10N2O. The smallest absolute Gasteiger partial charge is 0.313 e. The number of nitrogens with zero attached hydrogens (tertiary/aromatic N) is 1. The number of hydrogen-bond acceptors (Lipinski definition) is 2. The highest BCUT2D eigenvalue weighted by Gasteiger charge is 2.00. The summed E-state index contributed by atoms with van der Waals surface area (Å²) in [6, 6.07) is 13.2. The van der Waals surface area contributed by atoms with Crippen molar-refractivity contribution in [3.8, 4) is 6.07 Å². The second-order valence-corrected chi connectivity index (χ2v) is 3.63. The predicted octanol–water partition coefficient (Wildman–Crippen LogP) is 2.61. The summed E-state index contributed by atoms with van der Waals surface area (Å²) in [5.74, 6) is -0.647. The molecule has 2 aromatic rings. The van der Waals surface area contributed by atoms with Gasteiger partial charge in [0.05, 0.1) is 0 Å². The maximum atomic E-state index is 10.9. The Hall–Kier alpha value is -2.34. The summed E-state index contributed by atoms with van der Waals surface area (Å²) in [5.41, 5.74) is 1.84. The molecule has 1 N–H and O–H groups in total. The number of nitriles is 1. The molecule has 0 spiro atoms. The monoisotopic (exact) mass is 210 g/mol. The number of hydrogen-bond donors (Lipinski definition) is 1. The third-order valence-corrected chi connectivity index (χ3v) is 2.36. The third kappa shape index (κ3) is 2.01. The molecule has 0 bridgehead atoms. The predicted molar refractivity (Wildman–Crippen MR) is 62.9 cm³/mol. The highest BCUT2D eigenvalue weighted by atomic mass is 16.1. The Bertz CT molecular complexity index is 596. The van der Waals surface area contributed by atoms with Crippen molar-refractivity contribution in [2.75, 3.05) is 5.32 Å². The lowest BCUT2D eigenvalue weighted by Crippen LogP contribution is -2.07. The lowest BCUT2D eigenvalue weighted by molar-refractivity contribution is -0.111. The fraction of sp³-hybridized carbons (Fsp3) is 0.0769. The maximum absolute atomic E-state index is 10.9. The van der Waals surface area contributed by atoms with Gasteiger partial charge in [0, 0.05) is 5.69 Å². The van der Waals surface area contributed by atoms with Crippen LogP contribution in [-0.2, 0) is 4.79 Å². The van der Waals surface area contributed by atoms with Gasteiger partial charge in [-0.1, -0.05) is 29.8 Å². The van der Waals surface area contributed by atoms with Gasteiger partial charge in [0.25, 0.3) is 0 Å². The SMILES string of the molecule is Cc1ccc2cc(NC(=O)C#N)ccc2c1. The summed E-state index contributed by atoms with van der Waals surface area (Å²) >= 11 is 0. The fourth-order valence-electron chi connectivity index (χ4n) is 1.60. The van der Waals surface area contributed by atoms with E-state index in [-0.39, 0.29) is 0 Å². The van der Waals surface area contributed by atoms with Crippen LogP contribution in [0.4, 0.5) is 5.69 Å². The van der Waals surface area contributed by atoms with Crippen LogP contribution in [0.2, 0.25) is 0 Å². The molecule has 0 heterocycles. The van der Waals surface area contributed by atoms with Gasteiger partial charge in [0.15, 0.2) is 6.07 Å². The third-order valence-electron chi connectivity index (χ3n) is 2.36. The summed E-state index contributed by atoms with van der Waals surface area (Å²) in [6.07, 6.45) is 0. The largest absolute Gasteiger partial charge is 0.326 e. The molecular weight excluding hydrogens is 200 g/mol. The highest BCUT2D eigenvalue weighted by Crippen LogP contribution is 2.20. The number of anilines is 1. The van der Waals surface area contributed by atoms with Gasteiger partial charge in [-0.3, -0.25) is 4.79 Å². The molecule has 0 saturated heterocycles. The van der Waals surface area contributed by atoms with Crippen LogP contribution in [0, 0.1) is 18.3 Å². The van der Waals surface area contributed by atoms with Crippen LogP contribution in [-0.4, -0.2) is 5.91 Å². The summed E-state index contributed by atoms with van der Waals surface area (Å²) in [6.45, 7) is 2.03. The van der Waals surface area contributed by atoms with E-state index in [9.17, 15) is 4.79 Å². The Morgan fingerprint density at radius 3 is 2.62 bits per heavy atom. The number of carbonyl (C=O) groups excluding carboxylic acids is 1. The number of rotatable bonds is 1. The van der Waals surface area contributed by atoms with Gasteiger partial charge in [-0.05, 0) is 29.8 Å². The molecule has 2 rings (SSSR count). The zero-order chi connectivity index (χ0) is 11.5. The van der Waals surface area contributed by atoms with Crippen LogP contribution in [0.3, 0.4) is 0 Å². The lowest BCUT2D eigenvalue weighted by Gasteiger charge is -2.03. The van der Waals surface area contributed by atoms with Gasteiger partial charge in [0.1, 0.15) is 0 Å². The van der Waals surface area contributed by atoms with Crippen molar-refractivity contribution >= 4 is 22.4 Å². The van der Waals surface area contributed by atoms with E-state index in [1.54, 1.807) is 6.07 Å². The Morgan fingerprint density at radius 2 is 1.88 bits per heavy atom. The molecule has 2 aromatic carbocycles. The Labute approximate surface area is 93.3 Å². The lowest BCUT2D eigenvalue weighted by atomic mass is 10.1. The molecule has 0 fully saturated rings. The zero-order valence-corrected chi connectivity index (χ0v) is 8.82. The number of nitrogens with one attached hydrogen (secondary N) is 1. The van der Waals surface area contributed by atoms with Crippen LogP contribution < -0.4 is 5.32 Å². The second kappa shape index (κ2) is 4.03. The van der Waals surface area contributed by atoms with Crippen LogP contribution in [0.15, 0.2) is 36.4 Å². The van der Waals surface area contributed by atoms with E-state index < -0.39 is 5.91 Å². The standard InChI is InChI=1S/C13H10N2O/c1-9-2-3-11-7-12(15-13(16)8-14)5-4-10(11)6-9/h2-7H,1H3,(H,15,16). The molecule has 0 atom stereocenters. The molecule has 0 aliphatic heterocycles. The second-order valence-electron chi connectivity index (χ2n) is 3.63. The Kier molecular flexibility index (Phi) is 2.57. The molecule has 0 saturated carbocycles. The van der Waals surface area contributed by atoms with E-state index in [1.165, 1.54) is 11.6 Å². The first-order valence-corrected chi connectivity index (χ1v) is 4.90. The van der Waals surface area contributed by atoms with Gasteiger partial charge in [-0.2, -0.15) is 5.26 Å². The Balaban J connectivity index is 2.41. The average Bonchev–Trinajstić information content (AvgIpc) is 2.29. The summed E-state index contributed by atoms with van der Waals surface area (Å²) in [4.78, 5) is 10.9. The van der Waals surface area contributed by atoms with Crippen LogP contribution in [0.1, 0.15) is 5.56 Å². The minimum Gasteiger partial charge on any atom is -0.313 e. The van der Waals surface area contributed by atoms with Crippen molar-refractivity contribution in [1.82, 2.24) is 0 Å². The number of amides is 1. The topological polar surface area (TPSA) is 52.9 Å². The van der Waals surface area contributed by atoms with E-state index in [1.807, 2.05) is 31.2 Å². The molecule has 0 aliphatic rings. The van der Waals surface area contributed by atoms with E-state index in [4.69, 9.17) is 5.26 Å². The highest BCUT2D eigenvalue weighted by molar-refractivity contribution is 6.03. The van der Waals surface area contributed by atoms with Gasteiger partial charge in [-0.25, -0.2) is 0 Å². The quantitative estimate of drug-likeness (QED) is 0.735. The zero-order valence-electron chi connectivity index (χ0n) is 8.82. The molecule has 78 valence electrons. The molecule has 0 aliphatic carbocycles. The Morgan fingerprint density at radius 1 is 1.19 bits per heavy atom. The minimum absolute atomic E-state index is 0.642. The fourth-order valence-corrected chi connectivity index (χ4v) is 1.60. The first-order valence-electron chi connectivity index (χ1n) is 4.90. The van der Waals surface area contributed by atoms with Crippen molar-refractivity contribution in [3.05, 3.63) is 42.0 Å². The van der Waals surface area contributed by atoms with Crippen molar-refractivity contribution < 1.29 is 4.79 Å². The summed E-state index contributed by atoms with van der Waals surface area (Å²) in [7, 11) is 0. The molecule has 16 heavy (non-hydrogen) atoms. The molecule has 1 amide bonds. The van der Waals surface area contributed by atoms with Gasteiger partial charge >= 0.3 is 5.91 Å². The normalized spacial score (nSPS) is 9.75. The van der Waals surface area contributed by atoms with Crippen LogP contribution in [0.5, 0.6) is 0 Å². The van der Waals surface area contributed by atoms with E-state index in [2.05, 4.69) is 11.4 Å². The van der Waals surface area contributed by atoms with Crippen molar-refractivity contribution in [3.63, 3.8) is 0 Å². The maximum Gasteiger partial charge on any atom is 0.326 e. The van der Waals surface area contributed by atoms with Gasteiger partial charge < -0.3 is 5.32 Å². The van der Waals surface area contributed by atoms with E-state index >= 15 is 0 Å². The molecule has 0 aromatic heterocycles. The number of carbonyl (C=O) groups is 1. The molecule has 0 unspecified atom stereocenters. The first kappa shape index (κ1) is 10.2. The number of benzene rings is 2. The molecule has 3 heteroatoms. The average molecular weight is 210 g/mol. The van der Waals surface area contributed by atoms with Gasteiger partial charge in [-0.15, -0.1) is 0 Å². The van der Waals surface area contributed by atoms with Crippen molar-refractivity contribution in [2.24, 2.45) is 0 Å². The number of fused-ring (bicyclic) bond motifs is 1. The van der Waals surface area contributed by atoms with E-state index in [0.717, 1.165) is 10.8 Å². The molecule has 3 nitrogen and oxygen atoms in total. The van der Waals surface area contributed by atoms with Crippen LogP contribution in [0.25, 0.3) is 10.8 Å². The number of aryl methyl sites for hydroxylation is 1. The van der Waals surface area contributed by atoms with Crippen molar-refractivity contribution in [2.45, 2.75) is 6.92 Å². The van der Waals surface area contributed by atoms with Crippen LogP contribution >= 0.6 is 0 Å². The van der Waals surface area contributed by atoms with Gasteiger partial charge in [0.2, 0.25) is 0 Å². The summed E-state index contributed by atoms with van der Waals surface area (Å²) < 4.78 is 0. The van der Waals surface area contributed by atoms with E-state index in [0.29, 0.717) is 5.69 Å².